The van der Waals surface area contributed by atoms with E-state index in [9.17, 15) is 0 Å². The molecule has 1 nitrogen and oxygen atoms in total. The lowest BCUT2D eigenvalue weighted by Gasteiger charge is -2.32. The van der Waals surface area contributed by atoms with Gasteiger partial charge in [0.05, 0.1) is 0 Å². The Morgan fingerprint density at radius 3 is 2.50 bits per heavy atom. The lowest BCUT2D eigenvalue weighted by Crippen LogP contribution is -2.34. The van der Waals surface area contributed by atoms with Gasteiger partial charge in [-0.05, 0) is 44.2 Å². The van der Waals surface area contributed by atoms with Crippen molar-refractivity contribution in [3.8, 4) is 12.3 Å². The van der Waals surface area contributed by atoms with Gasteiger partial charge in [0.1, 0.15) is 0 Å². The molecule has 1 aliphatic heterocycles. The number of nitrogens with zero attached hydrogens (tertiary/aromatic N) is 1. The SMILES string of the molecule is C#CCCN1CCC(CC(C)C)CC1. The Morgan fingerprint density at radius 2 is 2.00 bits per heavy atom. The maximum Gasteiger partial charge on any atom is 0.0214 e. The normalized spacial score (nSPS) is 19.9. The summed E-state index contributed by atoms with van der Waals surface area (Å²) in [6.45, 7) is 8.28. The number of rotatable bonds is 4. The molecule has 0 N–H and O–H groups in total. The minimum atomic E-state index is 0.859. The second-order valence-corrected chi connectivity index (χ2v) is 4.87. The smallest absolute Gasteiger partial charge is 0.0214 e. The van der Waals surface area contributed by atoms with Gasteiger partial charge in [-0.15, -0.1) is 12.3 Å². The van der Waals surface area contributed by atoms with Crippen molar-refractivity contribution in [3.63, 3.8) is 0 Å². The van der Waals surface area contributed by atoms with Gasteiger partial charge in [0.2, 0.25) is 0 Å². The fourth-order valence-corrected chi connectivity index (χ4v) is 2.34. The molecule has 0 aliphatic carbocycles. The molecule has 0 unspecified atom stereocenters. The predicted molar refractivity (Wildman–Crippen MR) is 62.1 cm³/mol. The lowest BCUT2D eigenvalue weighted by molar-refractivity contribution is 0.174. The maximum atomic E-state index is 5.26. The zero-order valence-electron chi connectivity index (χ0n) is 9.63. The van der Waals surface area contributed by atoms with Crippen LogP contribution in [0.4, 0.5) is 0 Å². The Labute approximate surface area is 88.9 Å². The summed E-state index contributed by atoms with van der Waals surface area (Å²) in [5.74, 6) is 4.54. The van der Waals surface area contributed by atoms with Gasteiger partial charge in [-0.1, -0.05) is 13.8 Å². The van der Waals surface area contributed by atoms with Crippen LogP contribution in [0.1, 0.15) is 39.5 Å². The molecule has 14 heavy (non-hydrogen) atoms. The second-order valence-electron chi connectivity index (χ2n) is 4.87. The molecule has 0 saturated carbocycles. The third-order valence-electron chi connectivity index (χ3n) is 3.08. The van der Waals surface area contributed by atoms with E-state index in [1.807, 2.05) is 0 Å². The third kappa shape index (κ3) is 4.15. The molecular weight excluding hydrogens is 170 g/mol. The summed E-state index contributed by atoms with van der Waals surface area (Å²) in [4.78, 5) is 2.51. The molecule has 1 saturated heterocycles. The quantitative estimate of drug-likeness (QED) is 0.621. The number of hydrogen-bond acceptors (Lipinski definition) is 1. The molecule has 1 fully saturated rings. The highest BCUT2D eigenvalue weighted by molar-refractivity contribution is 4.85. The van der Waals surface area contributed by atoms with Gasteiger partial charge in [-0.3, -0.25) is 0 Å². The molecule has 0 aromatic rings. The first-order chi connectivity index (χ1) is 6.72. The Balaban J connectivity index is 2.15. The zero-order chi connectivity index (χ0) is 10.4. The van der Waals surface area contributed by atoms with Crippen molar-refractivity contribution in [2.45, 2.75) is 39.5 Å². The maximum absolute atomic E-state index is 5.26. The molecule has 0 bridgehead atoms. The average molecular weight is 193 g/mol. The van der Waals surface area contributed by atoms with Crippen molar-refractivity contribution in [1.82, 2.24) is 4.90 Å². The molecule has 1 heterocycles. The van der Waals surface area contributed by atoms with Crippen LogP contribution >= 0.6 is 0 Å². The van der Waals surface area contributed by atoms with Gasteiger partial charge in [0.15, 0.2) is 0 Å². The third-order valence-corrected chi connectivity index (χ3v) is 3.08. The molecule has 0 spiro atoms. The molecular formula is C13H23N. The fraction of sp³-hybridized carbons (Fsp3) is 0.846. The summed E-state index contributed by atoms with van der Waals surface area (Å²) in [7, 11) is 0. The molecule has 1 aliphatic rings. The first kappa shape index (κ1) is 11.6. The monoisotopic (exact) mass is 193 g/mol. The van der Waals surface area contributed by atoms with Crippen LogP contribution < -0.4 is 0 Å². The van der Waals surface area contributed by atoms with E-state index in [1.165, 1.54) is 32.4 Å². The summed E-state index contributed by atoms with van der Waals surface area (Å²) in [6.07, 6.45) is 10.3. The summed E-state index contributed by atoms with van der Waals surface area (Å²) in [5, 5.41) is 0. The van der Waals surface area contributed by atoms with Gasteiger partial charge >= 0.3 is 0 Å². The standard InChI is InChI=1S/C13H23N/c1-4-5-8-14-9-6-13(7-10-14)11-12(2)3/h1,12-13H,5-11H2,2-3H3. The number of piperidine rings is 1. The molecule has 1 heteroatoms. The van der Waals surface area contributed by atoms with Crippen LogP contribution in [-0.2, 0) is 0 Å². The van der Waals surface area contributed by atoms with Crippen LogP contribution in [-0.4, -0.2) is 24.5 Å². The number of likely N-dealkylation sites (tertiary alicyclic amines) is 1. The van der Waals surface area contributed by atoms with Gasteiger partial charge in [0, 0.05) is 13.0 Å². The summed E-state index contributed by atoms with van der Waals surface area (Å²) in [6, 6.07) is 0. The number of terminal acetylenes is 1. The van der Waals surface area contributed by atoms with E-state index >= 15 is 0 Å². The van der Waals surface area contributed by atoms with Crippen LogP contribution in [0.15, 0.2) is 0 Å². The Bertz CT molecular complexity index is 182. The fourth-order valence-electron chi connectivity index (χ4n) is 2.34. The highest BCUT2D eigenvalue weighted by Gasteiger charge is 2.18. The van der Waals surface area contributed by atoms with E-state index < -0.39 is 0 Å². The first-order valence-electron chi connectivity index (χ1n) is 5.88. The Hall–Kier alpha value is -0.480. The summed E-state index contributed by atoms with van der Waals surface area (Å²) in [5.41, 5.74) is 0. The molecule has 0 aromatic carbocycles. The minimum absolute atomic E-state index is 0.859. The van der Waals surface area contributed by atoms with Crippen molar-refractivity contribution in [2.24, 2.45) is 11.8 Å². The summed E-state index contributed by atoms with van der Waals surface area (Å²) >= 11 is 0. The Morgan fingerprint density at radius 1 is 1.36 bits per heavy atom. The molecule has 0 aromatic heterocycles. The minimum Gasteiger partial charge on any atom is -0.302 e. The molecule has 0 atom stereocenters. The molecule has 0 radical (unpaired) electrons. The van der Waals surface area contributed by atoms with E-state index in [0.717, 1.165) is 24.8 Å². The van der Waals surface area contributed by atoms with E-state index in [-0.39, 0.29) is 0 Å². The highest BCUT2D eigenvalue weighted by Crippen LogP contribution is 2.23. The largest absolute Gasteiger partial charge is 0.302 e. The predicted octanol–water partition coefficient (Wildman–Crippen LogP) is 2.77. The zero-order valence-corrected chi connectivity index (χ0v) is 9.63. The van der Waals surface area contributed by atoms with Crippen molar-refractivity contribution in [2.75, 3.05) is 19.6 Å². The van der Waals surface area contributed by atoms with Gasteiger partial charge in [0.25, 0.3) is 0 Å². The molecule has 1 rings (SSSR count). The topological polar surface area (TPSA) is 3.24 Å². The molecule has 0 amide bonds. The summed E-state index contributed by atoms with van der Waals surface area (Å²) < 4.78 is 0. The van der Waals surface area contributed by atoms with Crippen molar-refractivity contribution in [3.05, 3.63) is 0 Å². The van der Waals surface area contributed by atoms with E-state index in [4.69, 9.17) is 6.42 Å². The van der Waals surface area contributed by atoms with Crippen molar-refractivity contribution in [1.29, 1.82) is 0 Å². The second kappa shape index (κ2) is 6.09. The van der Waals surface area contributed by atoms with Gasteiger partial charge < -0.3 is 4.90 Å². The van der Waals surface area contributed by atoms with Crippen LogP contribution in [0.2, 0.25) is 0 Å². The lowest BCUT2D eigenvalue weighted by atomic mass is 9.88. The van der Waals surface area contributed by atoms with E-state index in [2.05, 4.69) is 24.7 Å². The highest BCUT2D eigenvalue weighted by atomic mass is 15.1. The van der Waals surface area contributed by atoms with Crippen LogP contribution in [0, 0.1) is 24.2 Å². The average Bonchev–Trinajstić information content (AvgIpc) is 2.16. The van der Waals surface area contributed by atoms with Crippen LogP contribution in [0.5, 0.6) is 0 Å². The Kier molecular flexibility index (Phi) is 5.04. The number of hydrogen-bond donors (Lipinski definition) is 0. The van der Waals surface area contributed by atoms with E-state index in [1.54, 1.807) is 0 Å². The first-order valence-corrected chi connectivity index (χ1v) is 5.88. The molecule has 80 valence electrons. The van der Waals surface area contributed by atoms with Gasteiger partial charge in [-0.2, -0.15) is 0 Å². The van der Waals surface area contributed by atoms with Gasteiger partial charge in [-0.25, -0.2) is 0 Å². The van der Waals surface area contributed by atoms with E-state index in [0.29, 0.717) is 0 Å². The van der Waals surface area contributed by atoms with Crippen LogP contribution in [0.3, 0.4) is 0 Å². The van der Waals surface area contributed by atoms with Crippen LogP contribution in [0.25, 0.3) is 0 Å². The van der Waals surface area contributed by atoms with Crippen molar-refractivity contribution >= 4 is 0 Å². The van der Waals surface area contributed by atoms with Crippen molar-refractivity contribution < 1.29 is 0 Å².